The van der Waals surface area contributed by atoms with E-state index >= 15 is 0 Å². The Kier molecular flexibility index (Phi) is 4.25. The van der Waals surface area contributed by atoms with Gasteiger partial charge in [-0.2, -0.15) is 0 Å². The number of benzene rings is 1. The standard InChI is InChI=1S/C14H20N2O4/c1-9-5-6-15(8-14(9)18)12-4-3-11(10(2)17)7-13(12)16(19)20/h3-4,7,9-10,14,17-18H,5-6,8H2,1-2H3/t9?,10-,14?/m0/s1. The third-order valence-corrected chi connectivity index (χ3v) is 3.94. The molecule has 0 bridgehead atoms. The molecule has 2 N–H and O–H groups in total. The van der Waals surface area contributed by atoms with Gasteiger partial charge in [0.2, 0.25) is 0 Å². The Morgan fingerprint density at radius 2 is 2.20 bits per heavy atom. The number of piperidine rings is 1. The number of aliphatic hydroxyl groups excluding tert-OH is 2. The zero-order valence-electron chi connectivity index (χ0n) is 11.7. The van der Waals surface area contributed by atoms with Crippen LogP contribution in [-0.2, 0) is 0 Å². The summed E-state index contributed by atoms with van der Waals surface area (Å²) < 4.78 is 0. The number of nitro benzene ring substituents is 1. The van der Waals surface area contributed by atoms with Crippen molar-refractivity contribution in [1.82, 2.24) is 0 Å². The molecule has 2 rings (SSSR count). The van der Waals surface area contributed by atoms with Gasteiger partial charge in [0.15, 0.2) is 0 Å². The van der Waals surface area contributed by atoms with Crippen molar-refractivity contribution in [2.45, 2.75) is 32.5 Å². The molecule has 0 amide bonds. The van der Waals surface area contributed by atoms with Crippen molar-refractivity contribution in [2.24, 2.45) is 5.92 Å². The number of rotatable bonds is 3. The molecule has 0 radical (unpaired) electrons. The molecular formula is C14H20N2O4. The van der Waals surface area contributed by atoms with Crippen molar-refractivity contribution in [3.8, 4) is 0 Å². The Hall–Kier alpha value is -1.66. The molecule has 1 fully saturated rings. The molecular weight excluding hydrogens is 260 g/mol. The highest BCUT2D eigenvalue weighted by atomic mass is 16.6. The average Bonchev–Trinajstić information content (AvgIpc) is 2.41. The van der Waals surface area contributed by atoms with Crippen LogP contribution in [0.1, 0.15) is 31.9 Å². The SMILES string of the molecule is CC1CCN(c2ccc([C@H](C)O)cc2[N+](=O)[O-])CC1O. The molecule has 6 heteroatoms. The minimum atomic E-state index is -0.741. The fourth-order valence-corrected chi connectivity index (χ4v) is 2.48. The van der Waals surface area contributed by atoms with Crippen molar-refractivity contribution in [3.63, 3.8) is 0 Å². The maximum absolute atomic E-state index is 11.2. The highest BCUT2D eigenvalue weighted by Gasteiger charge is 2.28. The molecule has 0 spiro atoms. The normalized spacial score (nSPS) is 24.5. The van der Waals surface area contributed by atoms with Gasteiger partial charge in [0.05, 0.1) is 17.1 Å². The summed E-state index contributed by atoms with van der Waals surface area (Å²) in [6, 6.07) is 4.75. The first-order valence-electron chi connectivity index (χ1n) is 6.79. The van der Waals surface area contributed by atoms with Crippen molar-refractivity contribution in [1.29, 1.82) is 0 Å². The molecule has 0 aliphatic carbocycles. The number of anilines is 1. The van der Waals surface area contributed by atoms with Gasteiger partial charge >= 0.3 is 0 Å². The quantitative estimate of drug-likeness (QED) is 0.652. The minimum absolute atomic E-state index is 0.0230. The molecule has 2 unspecified atom stereocenters. The van der Waals surface area contributed by atoms with E-state index in [0.717, 1.165) is 6.42 Å². The zero-order valence-corrected chi connectivity index (χ0v) is 11.7. The third kappa shape index (κ3) is 2.91. The number of β-amino-alcohol motifs (C(OH)–C–C–N with tert-alkyl or cyclic N) is 1. The minimum Gasteiger partial charge on any atom is -0.391 e. The number of nitrogens with zero attached hydrogens (tertiary/aromatic N) is 2. The van der Waals surface area contributed by atoms with E-state index in [1.807, 2.05) is 11.8 Å². The van der Waals surface area contributed by atoms with Crippen LogP contribution in [0.5, 0.6) is 0 Å². The summed E-state index contributed by atoms with van der Waals surface area (Å²) in [5.74, 6) is 0.210. The smallest absolute Gasteiger partial charge is 0.292 e. The number of nitro groups is 1. The van der Waals surface area contributed by atoms with Crippen LogP contribution in [0, 0.1) is 16.0 Å². The lowest BCUT2D eigenvalue weighted by Crippen LogP contribution is -2.43. The van der Waals surface area contributed by atoms with Gasteiger partial charge in [0, 0.05) is 19.2 Å². The van der Waals surface area contributed by atoms with Gasteiger partial charge in [-0.3, -0.25) is 10.1 Å². The maximum Gasteiger partial charge on any atom is 0.292 e. The molecule has 0 aromatic heterocycles. The Morgan fingerprint density at radius 3 is 2.75 bits per heavy atom. The highest BCUT2D eigenvalue weighted by molar-refractivity contribution is 5.64. The molecule has 1 saturated heterocycles. The van der Waals surface area contributed by atoms with E-state index in [4.69, 9.17) is 0 Å². The predicted molar refractivity (Wildman–Crippen MR) is 75.7 cm³/mol. The van der Waals surface area contributed by atoms with Gasteiger partial charge in [0.25, 0.3) is 5.69 Å². The molecule has 1 aromatic rings. The van der Waals surface area contributed by atoms with E-state index in [9.17, 15) is 20.3 Å². The van der Waals surface area contributed by atoms with Crippen LogP contribution in [0.4, 0.5) is 11.4 Å². The Morgan fingerprint density at radius 1 is 1.50 bits per heavy atom. The van der Waals surface area contributed by atoms with Crippen molar-refractivity contribution >= 4 is 11.4 Å². The first kappa shape index (κ1) is 14.7. The Bertz CT molecular complexity index is 504. The summed E-state index contributed by atoms with van der Waals surface area (Å²) in [4.78, 5) is 12.6. The third-order valence-electron chi connectivity index (χ3n) is 3.94. The monoisotopic (exact) mass is 280 g/mol. The first-order valence-corrected chi connectivity index (χ1v) is 6.79. The molecule has 110 valence electrons. The maximum atomic E-state index is 11.2. The zero-order chi connectivity index (χ0) is 14.9. The van der Waals surface area contributed by atoms with E-state index < -0.39 is 17.1 Å². The molecule has 1 aromatic carbocycles. The summed E-state index contributed by atoms with van der Waals surface area (Å²) in [6.45, 7) is 4.64. The summed E-state index contributed by atoms with van der Waals surface area (Å²) in [7, 11) is 0. The second kappa shape index (κ2) is 5.76. The van der Waals surface area contributed by atoms with Crippen LogP contribution in [0.15, 0.2) is 18.2 Å². The van der Waals surface area contributed by atoms with E-state index in [-0.39, 0.29) is 11.6 Å². The molecule has 1 aliphatic rings. The summed E-state index contributed by atoms with van der Waals surface area (Å²) in [5, 5.41) is 30.7. The molecule has 3 atom stereocenters. The molecule has 0 saturated carbocycles. The highest BCUT2D eigenvalue weighted by Crippen LogP contribution is 2.33. The van der Waals surface area contributed by atoms with Crippen molar-refractivity contribution in [2.75, 3.05) is 18.0 Å². The van der Waals surface area contributed by atoms with Crippen LogP contribution in [0.3, 0.4) is 0 Å². The lowest BCUT2D eigenvalue weighted by atomic mass is 9.95. The van der Waals surface area contributed by atoms with Gasteiger partial charge < -0.3 is 15.1 Å². The topological polar surface area (TPSA) is 86.8 Å². The van der Waals surface area contributed by atoms with Crippen LogP contribution in [0.25, 0.3) is 0 Å². The van der Waals surface area contributed by atoms with Gasteiger partial charge in [-0.15, -0.1) is 0 Å². The van der Waals surface area contributed by atoms with Crippen LogP contribution >= 0.6 is 0 Å². The van der Waals surface area contributed by atoms with Crippen LogP contribution in [0.2, 0.25) is 0 Å². The van der Waals surface area contributed by atoms with Gasteiger partial charge in [-0.25, -0.2) is 0 Å². The fourth-order valence-electron chi connectivity index (χ4n) is 2.48. The summed E-state index contributed by atoms with van der Waals surface area (Å²) in [5.41, 5.74) is 1.00. The summed E-state index contributed by atoms with van der Waals surface area (Å²) >= 11 is 0. The molecule has 1 heterocycles. The Labute approximate surface area is 117 Å². The number of hydrogen-bond donors (Lipinski definition) is 2. The second-order valence-corrected chi connectivity index (χ2v) is 5.46. The van der Waals surface area contributed by atoms with E-state index in [1.165, 1.54) is 6.07 Å². The van der Waals surface area contributed by atoms with Crippen molar-refractivity contribution < 1.29 is 15.1 Å². The Balaban J connectivity index is 2.33. The lowest BCUT2D eigenvalue weighted by molar-refractivity contribution is -0.384. The molecule has 20 heavy (non-hydrogen) atoms. The molecule has 1 aliphatic heterocycles. The average molecular weight is 280 g/mol. The first-order chi connectivity index (χ1) is 9.40. The molecule has 6 nitrogen and oxygen atoms in total. The second-order valence-electron chi connectivity index (χ2n) is 5.46. The van der Waals surface area contributed by atoms with Gasteiger partial charge in [-0.05, 0) is 30.9 Å². The van der Waals surface area contributed by atoms with E-state index in [2.05, 4.69) is 0 Å². The summed E-state index contributed by atoms with van der Waals surface area (Å²) in [6.07, 6.45) is -0.411. The number of aliphatic hydroxyl groups is 2. The van der Waals surface area contributed by atoms with Crippen LogP contribution in [-0.4, -0.2) is 34.3 Å². The van der Waals surface area contributed by atoms with E-state index in [0.29, 0.717) is 24.3 Å². The van der Waals surface area contributed by atoms with Crippen molar-refractivity contribution in [3.05, 3.63) is 33.9 Å². The fraction of sp³-hybridized carbons (Fsp3) is 0.571. The van der Waals surface area contributed by atoms with Gasteiger partial charge in [-0.1, -0.05) is 13.0 Å². The lowest BCUT2D eigenvalue weighted by Gasteiger charge is -2.35. The largest absolute Gasteiger partial charge is 0.391 e. The van der Waals surface area contributed by atoms with E-state index in [1.54, 1.807) is 19.1 Å². The number of hydrogen-bond acceptors (Lipinski definition) is 5. The van der Waals surface area contributed by atoms with Crippen LogP contribution < -0.4 is 4.90 Å². The predicted octanol–water partition coefficient (Wildman–Crippen LogP) is 1.86. The van der Waals surface area contributed by atoms with Gasteiger partial charge in [0.1, 0.15) is 5.69 Å².